The normalized spacial score (nSPS) is 17.4. The highest BCUT2D eigenvalue weighted by molar-refractivity contribution is 6.30. The number of allylic oxidation sites excluding steroid dienone is 1. The van der Waals surface area contributed by atoms with Crippen LogP contribution in [0, 0.1) is 0 Å². The molecule has 1 heterocycles. The Morgan fingerprint density at radius 1 is 0.889 bits per heavy atom. The Morgan fingerprint density at radius 3 is 2.41 bits per heavy atom. The van der Waals surface area contributed by atoms with E-state index >= 15 is 0 Å². The minimum atomic E-state index is 0.0451. The fourth-order valence-corrected chi connectivity index (χ4v) is 3.26. The lowest BCUT2D eigenvalue weighted by Gasteiger charge is -2.22. The van der Waals surface area contributed by atoms with Gasteiger partial charge >= 0.3 is 0 Å². The second-order valence-corrected chi connectivity index (χ2v) is 7.58. The van der Waals surface area contributed by atoms with Crippen LogP contribution in [0.1, 0.15) is 70.6 Å². The molecule has 1 saturated heterocycles. The maximum absolute atomic E-state index is 5.86. The molecule has 0 aliphatic carbocycles. The first-order valence-corrected chi connectivity index (χ1v) is 11.0. The molecule has 1 aliphatic heterocycles. The summed E-state index contributed by atoms with van der Waals surface area (Å²) in [5, 5.41) is 0.750. The van der Waals surface area contributed by atoms with Crippen molar-refractivity contribution in [2.24, 2.45) is 0 Å². The molecule has 1 atom stereocenters. The van der Waals surface area contributed by atoms with Gasteiger partial charge in [-0.15, -0.1) is 0 Å². The molecule has 1 unspecified atom stereocenters. The van der Waals surface area contributed by atoms with Gasteiger partial charge in [0.1, 0.15) is 5.75 Å². The largest absolute Gasteiger partial charge is 0.494 e. The van der Waals surface area contributed by atoms with E-state index in [0.29, 0.717) is 0 Å². The van der Waals surface area contributed by atoms with Crippen LogP contribution >= 0.6 is 11.6 Å². The van der Waals surface area contributed by atoms with Crippen molar-refractivity contribution in [2.75, 3.05) is 19.8 Å². The van der Waals surface area contributed by atoms with Gasteiger partial charge in [-0.1, -0.05) is 49.4 Å². The van der Waals surface area contributed by atoms with Crippen LogP contribution in [0.5, 0.6) is 5.75 Å². The average molecular weight is 395 g/mol. The topological polar surface area (TPSA) is 27.7 Å². The van der Waals surface area contributed by atoms with Gasteiger partial charge in [0.25, 0.3) is 0 Å². The predicted molar refractivity (Wildman–Crippen MR) is 113 cm³/mol. The first-order chi connectivity index (χ1) is 13.3. The molecule has 152 valence electrons. The van der Waals surface area contributed by atoms with Crippen molar-refractivity contribution in [1.29, 1.82) is 0 Å². The van der Waals surface area contributed by atoms with Crippen molar-refractivity contribution in [3.63, 3.8) is 0 Å². The quantitative estimate of drug-likeness (QED) is 0.252. The molecule has 0 bridgehead atoms. The number of hydrogen-bond acceptors (Lipinski definition) is 3. The van der Waals surface area contributed by atoms with Gasteiger partial charge in [-0.2, -0.15) is 0 Å². The van der Waals surface area contributed by atoms with Gasteiger partial charge in [-0.25, -0.2) is 0 Å². The number of unbranched alkanes of at least 4 members (excludes halogenated alkanes) is 6. The lowest BCUT2D eigenvalue weighted by atomic mass is 10.1. The monoisotopic (exact) mass is 394 g/mol. The molecule has 0 amide bonds. The molecular formula is C23H35ClO3. The van der Waals surface area contributed by atoms with E-state index < -0.39 is 0 Å². The number of hydrogen-bond donors (Lipinski definition) is 0. The molecule has 0 aromatic heterocycles. The zero-order valence-corrected chi connectivity index (χ0v) is 17.3. The Labute approximate surface area is 170 Å². The lowest BCUT2D eigenvalue weighted by Crippen LogP contribution is -2.22. The van der Waals surface area contributed by atoms with Gasteiger partial charge in [0.05, 0.1) is 13.2 Å². The van der Waals surface area contributed by atoms with E-state index in [9.17, 15) is 0 Å². The van der Waals surface area contributed by atoms with Crippen LogP contribution in [0.25, 0.3) is 0 Å². The van der Waals surface area contributed by atoms with Crippen molar-refractivity contribution in [1.82, 2.24) is 0 Å². The number of ether oxygens (including phenoxy) is 3. The van der Waals surface area contributed by atoms with Crippen LogP contribution in [0.2, 0.25) is 5.02 Å². The molecule has 1 aliphatic rings. The Kier molecular flexibility index (Phi) is 12.3. The summed E-state index contributed by atoms with van der Waals surface area (Å²) in [4.78, 5) is 0. The minimum absolute atomic E-state index is 0.0451. The molecule has 0 N–H and O–H groups in total. The fourth-order valence-electron chi connectivity index (χ4n) is 3.14. The smallest absolute Gasteiger partial charge is 0.157 e. The maximum atomic E-state index is 5.86. The zero-order chi connectivity index (χ0) is 19.0. The van der Waals surface area contributed by atoms with Crippen molar-refractivity contribution in [3.05, 3.63) is 41.4 Å². The predicted octanol–water partition coefficient (Wildman–Crippen LogP) is 6.94. The molecular weight excluding hydrogens is 360 g/mol. The molecule has 1 aromatic rings. The molecule has 27 heavy (non-hydrogen) atoms. The van der Waals surface area contributed by atoms with E-state index in [4.69, 9.17) is 25.8 Å². The van der Waals surface area contributed by atoms with Crippen LogP contribution in [0.15, 0.2) is 36.4 Å². The average Bonchev–Trinajstić information content (AvgIpc) is 2.70. The molecule has 0 spiro atoms. The van der Waals surface area contributed by atoms with Gasteiger partial charge in [-0.3, -0.25) is 0 Å². The van der Waals surface area contributed by atoms with Gasteiger partial charge in [0.2, 0.25) is 0 Å². The SMILES string of the molecule is Clc1ccc(OCCCCCCCCC=CCCOC2CCCCO2)cc1. The number of benzene rings is 1. The third kappa shape index (κ3) is 11.4. The van der Waals surface area contributed by atoms with Crippen LogP contribution in [0.4, 0.5) is 0 Å². The summed E-state index contributed by atoms with van der Waals surface area (Å²) in [7, 11) is 0. The summed E-state index contributed by atoms with van der Waals surface area (Å²) in [6.45, 7) is 2.42. The molecule has 3 nitrogen and oxygen atoms in total. The maximum Gasteiger partial charge on any atom is 0.157 e. The highest BCUT2D eigenvalue weighted by Gasteiger charge is 2.12. The summed E-state index contributed by atoms with van der Waals surface area (Å²) < 4.78 is 17.0. The zero-order valence-electron chi connectivity index (χ0n) is 16.5. The van der Waals surface area contributed by atoms with E-state index in [1.54, 1.807) is 0 Å². The van der Waals surface area contributed by atoms with Crippen LogP contribution in [-0.4, -0.2) is 26.1 Å². The molecule has 1 fully saturated rings. The highest BCUT2D eigenvalue weighted by Crippen LogP contribution is 2.16. The highest BCUT2D eigenvalue weighted by atomic mass is 35.5. The third-order valence-electron chi connectivity index (χ3n) is 4.74. The van der Waals surface area contributed by atoms with Gasteiger partial charge in [-0.05, 0) is 69.2 Å². The summed E-state index contributed by atoms with van der Waals surface area (Å²) in [6, 6.07) is 7.57. The van der Waals surface area contributed by atoms with Crippen molar-refractivity contribution in [2.45, 2.75) is 76.9 Å². The molecule has 2 rings (SSSR count). The van der Waals surface area contributed by atoms with E-state index in [-0.39, 0.29) is 6.29 Å². The first kappa shape index (κ1) is 22.3. The van der Waals surface area contributed by atoms with Crippen LogP contribution in [0.3, 0.4) is 0 Å². The van der Waals surface area contributed by atoms with Crippen LogP contribution in [-0.2, 0) is 9.47 Å². The Balaban J connectivity index is 1.30. The Bertz CT molecular complexity index is 495. The van der Waals surface area contributed by atoms with Crippen molar-refractivity contribution in [3.8, 4) is 5.75 Å². The fraction of sp³-hybridized carbons (Fsp3) is 0.652. The Morgan fingerprint density at radius 2 is 1.63 bits per heavy atom. The third-order valence-corrected chi connectivity index (χ3v) is 4.99. The second kappa shape index (κ2) is 15.0. The minimum Gasteiger partial charge on any atom is -0.494 e. The Hall–Kier alpha value is -1.03. The number of rotatable bonds is 14. The van der Waals surface area contributed by atoms with Gasteiger partial charge in [0, 0.05) is 11.6 Å². The van der Waals surface area contributed by atoms with Crippen molar-refractivity contribution >= 4 is 11.6 Å². The lowest BCUT2D eigenvalue weighted by molar-refractivity contribution is -0.161. The summed E-state index contributed by atoms with van der Waals surface area (Å²) in [6.07, 6.45) is 17.8. The molecule has 1 aromatic carbocycles. The van der Waals surface area contributed by atoms with Crippen LogP contribution < -0.4 is 4.74 Å². The van der Waals surface area contributed by atoms with E-state index in [1.807, 2.05) is 24.3 Å². The molecule has 4 heteroatoms. The number of halogens is 1. The standard InChI is InChI=1S/C23H35ClO3/c24-21-14-16-22(17-15-21)25-18-10-7-5-3-1-2-4-6-8-11-19-26-23-13-9-12-20-27-23/h6,8,14-17,23H,1-5,7,9-13,18-20H2. The molecule has 0 saturated carbocycles. The summed E-state index contributed by atoms with van der Waals surface area (Å²) in [5.74, 6) is 0.905. The summed E-state index contributed by atoms with van der Waals surface area (Å²) >= 11 is 5.86. The second-order valence-electron chi connectivity index (χ2n) is 7.14. The van der Waals surface area contributed by atoms with Gasteiger partial charge < -0.3 is 14.2 Å². The summed E-state index contributed by atoms with van der Waals surface area (Å²) in [5.41, 5.74) is 0. The van der Waals surface area contributed by atoms with E-state index in [2.05, 4.69) is 12.2 Å². The first-order valence-electron chi connectivity index (χ1n) is 10.6. The van der Waals surface area contributed by atoms with Crippen molar-refractivity contribution < 1.29 is 14.2 Å². The van der Waals surface area contributed by atoms with Gasteiger partial charge in [0.15, 0.2) is 6.29 Å². The molecule has 0 radical (unpaired) electrons. The van der Waals surface area contributed by atoms with E-state index in [1.165, 1.54) is 51.4 Å². The van der Waals surface area contributed by atoms with E-state index in [0.717, 1.165) is 49.9 Å².